The Bertz CT molecular complexity index is 1070. The van der Waals surface area contributed by atoms with Gasteiger partial charge in [0.15, 0.2) is 0 Å². The van der Waals surface area contributed by atoms with E-state index in [1.165, 1.54) is 38.5 Å². The average Bonchev–Trinajstić information content (AvgIpc) is 3.46. The Balaban J connectivity index is 0.00000203. The Labute approximate surface area is 310 Å². The van der Waals surface area contributed by atoms with Crippen molar-refractivity contribution in [2.24, 2.45) is 29.1 Å². The molecule has 0 nitrogen and oxygen atoms in total. The Morgan fingerprint density at radius 1 is 0.739 bits per heavy atom. The second kappa shape index (κ2) is 16.6. The molecule has 4 rings (SSSR count). The topological polar surface area (TPSA) is 0 Å². The second-order valence-corrected chi connectivity index (χ2v) is 39.8. The monoisotopic (exact) mass is 784 g/mol. The van der Waals surface area contributed by atoms with E-state index in [9.17, 15) is 0 Å². The van der Waals surface area contributed by atoms with Gasteiger partial charge in [-0.2, -0.15) is 0 Å². The van der Waals surface area contributed by atoms with Gasteiger partial charge in [0, 0.05) is 15.2 Å². The summed E-state index contributed by atoms with van der Waals surface area (Å²) >= 11 is -0.826. The summed E-state index contributed by atoms with van der Waals surface area (Å²) in [5, 5.41) is 0. The van der Waals surface area contributed by atoms with E-state index in [4.69, 9.17) is 17.0 Å². The molecule has 7 unspecified atom stereocenters. The molecule has 0 aliphatic heterocycles. The van der Waals surface area contributed by atoms with E-state index in [-0.39, 0.29) is 25.7 Å². The van der Waals surface area contributed by atoms with Gasteiger partial charge in [-0.3, -0.25) is 0 Å². The summed E-state index contributed by atoms with van der Waals surface area (Å²) in [5.41, 5.74) is 9.41. The van der Waals surface area contributed by atoms with Gasteiger partial charge >= 0.3 is 37.9 Å². The fourth-order valence-electron chi connectivity index (χ4n) is 11.0. The molecule has 0 amide bonds. The van der Waals surface area contributed by atoms with Crippen molar-refractivity contribution in [1.82, 2.24) is 0 Å². The number of benzene rings is 1. The summed E-state index contributed by atoms with van der Waals surface area (Å²) in [7, 11) is 7.13. The molecular formula is C41H76Cl2Si2Zr. The van der Waals surface area contributed by atoms with Crippen LogP contribution in [0.25, 0.3) is 0 Å². The van der Waals surface area contributed by atoms with Crippen LogP contribution in [0.2, 0.25) is 37.3 Å². The molecule has 7 atom stereocenters. The number of fused-ring (bicyclic) bond motifs is 1. The maximum atomic E-state index is 4.93. The van der Waals surface area contributed by atoms with E-state index in [1.807, 2.05) is 0 Å². The van der Waals surface area contributed by atoms with E-state index in [0.717, 1.165) is 40.7 Å². The summed E-state index contributed by atoms with van der Waals surface area (Å²) in [4.78, 5) is 0. The van der Waals surface area contributed by atoms with Crippen LogP contribution in [-0.4, -0.2) is 15.2 Å². The number of halogens is 2. The fourth-order valence-corrected chi connectivity index (χ4v) is 25.8. The average molecular weight is 787 g/mol. The Morgan fingerprint density at radius 2 is 1.24 bits per heavy atom. The predicted octanol–water partition coefficient (Wildman–Crippen LogP) is 14.9. The van der Waals surface area contributed by atoms with Crippen LogP contribution in [0.4, 0.5) is 0 Å². The van der Waals surface area contributed by atoms with Crippen molar-refractivity contribution in [3.8, 4) is 0 Å². The molecule has 5 heteroatoms. The fraction of sp³-hybridized carbons (Fsp3) is 0.805. The predicted molar refractivity (Wildman–Crippen MR) is 214 cm³/mol. The normalized spacial score (nSPS) is 28.7. The SMILES string of the molecule is Cc1c(C(C)(C)C)cc(C2CCCC3C2CC(C)C3[Si](C)(C)[Si](C)(C)C2CCC(CC(C)(C)C)C2)cc1C(C)(C)C.[CH3-].[CH3-].[Cl][Zr+2][Cl]. The molecule has 0 bridgehead atoms. The number of hydrogen-bond acceptors (Lipinski definition) is 0. The zero-order valence-electron chi connectivity index (χ0n) is 33.6. The van der Waals surface area contributed by atoms with Crippen molar-refractivity contribution in [3.63, 3.8) is 0 Å². The van der Waals surface area contributed by atoms with Crippen molar-refractivity contribution in [2.45, 2.75) is 182 Å². The Morgan fingerprint density at radius 3 is 1.70 bits per heavy atom. The van der Waals surface area contributed by atoms with Gasteiger partial charge in [0.05, 0.1) is 0 Å². The molecule has 0 spiro atoms. The molecular weight excluding hydrogens is 711 g/mol. The summed E-state index contributed by atoms with van der Waals surface area (Å²) in [6, 6.07) is 5.37. The van der Waals surface area contributed by atoms with Gasteiger partial charge in [0.25, 0.3) is 0 Å². The van der Waals surface area contributed by atoms with Crippen LogP contribution in [0.5, 0.6) is 0 Å². The molecule has 3 fully saturated rings. The van der Waals surface area contributed by atoms with Crippen molar-refractivity contribution in [1.29, 1.82) is 0 Å². The Kier molecular flexibility index (Phi) is 16.3. The van der Waals surface area contributed by atoms with E-state index in [1.54, 1.807) is 35.1 Å². The van der Waals surface area contributed by atoms with Crippen LogP contribution in [0.1, 0.15) is 149 Å². The molecule has 1 aromatic carbocycles. The first-order chi connectivity index (χ1) is 20.0. The molecule has 1 aromatic rings. The van der Waals surface area contributed by atoms with Crippen molar-refractivity contribution in [3.05, 3.63) is 49.2 Å². The van der Waals surface area contributed by atoms with Gasteiger partial charge in [-0.25, -0.2) is 0 Å². The summed E-state index contributed by atoms with van der Waals surface area (Å²) in [6.07, 6.45) is 11.9. The van der Waals surface area contributed by atoms with Crippen LogP contribution in [0.3, 0.4) is 0 Å². The third kappa shape index (κ3) is 9.91. The molecule has 0 radical (unpaired) electrons. The molecule has 3 aliphatic rings. The Hall–Kier alpha value is 1.12. The van der Waals surface area contributed by atoms with Crippen molar-refractivity contribution < 1.29 is 20.8 Å². The molecule has 3 saturated carbocycles. The first-order valence-electron chi connectivity index (χ1n) is 18.1. The van der Waals surface area contributed by atoms with Gasteiger partial charge < -0.3 is 14.9 Å². The first kappa shape index (κ1) is 45.1. The van der Waals surface area contributed by atoms with Crippen LogP contribution < -0.4 is 0 Å². The minimum absolute atomic E-state index is 0. The number of rotatable bonds is 5. The molecule has 266 valence electrons. The third-order valence-electron chi connectivity index (χ3n) is 13.3. The van der Waals surface area contributed by atoms with Crippen LogP contribution in [0, 0.1) is 50.9 Å². The minimum atomic E-state index is -1.40. The van der Waals surface area contributed by atoms with E-state index in [2.05, 4.69) is 114 Å². The van der Waals surface area contributed by atoms with Crippen LogP contribution in [0.15, 0.2) is 12.1 Å². The summed E-state index contributed by atoms with van der Waals surface area (Å²) in [5.74, 6) is 4.55. The molecule has 46 heavy (non-hydrogen) atoms. The van der Waals surface area contributed by atoms with Gasteiger partial charge in [0.2, 0.25) is 0 Å². The standard InChI is InChI=1S/C39H70Si2.2CH3.2ClH.Zr/c1-26-21-33-31(29-23-34(38(6,7)8)27(2)35(24-29)39(9,10)11)17-16-18-32(33)36(26)41(14,15)40(12,13)30-20-19-28(22-30)25-37(3,4)5;;;;;/h23-24,26,28,30-33,36H,16-22,25H2,1-15H3;2*1H3;2*1H;/q;2*-1;;;+4/p-2. The second-order valence-electron chi connectivity index (χ2n) is 20.0. The molecule has 0 N–H and O–H groups in total. The van der Waals surface area contributed by atoms with Gasteiger partial charge in [-0.1, -0.05) is 140 Å². The maximum absolute atomic E-state index is 4.93. The summed E-state index contributed by atoms with van der Waals surface area (Å²) in [6.45, 7) is 38.6. The van der Waals surface area contributed by atoms with E-state index < -0.39 is 36.0 Å². The number of hydrogen-bond donors (Lipinski definition) is 0. The molecule has 0 heterocycles. The zero-order chi connectivity index (χ0) is 33.6. The van der Waals surface area contributed by atoms with E-state index >= 15 is 0 Å². The van der Waals surface area contributed by atoms with Crippen molar-refractivity contribution >= 4 is 32.2 Å². The van der Waals surface area contributed by atoms with Gasteiger partial charge in [-0.15, -0.1) is 0 Å². The molecule has 3 aliphatic carbocycles. The van der Waals surface area contributed by atoms with E-state index in [0.29, 0.717) is 5.41 Å². The molecule has 0 saturated heterocycles. The summed E-state index contributed by atoms with van der Waals surface area (Å²) < 4.78 is 0. The van der Waals surface area contributed by atoms with Gasteiger partial charge in [0.1, 0.15) is 0 Å². The van der Waals surface area contributed by atoms with Crippen LogP contribution >= 0.6 is 17.0 Å². The van der Waals surface area contributed by atoms with Gasteiger partial charge in [-0.05, 0) is 105 Å². The van der Waals surface area contributed by atoms with Crippen LogP contribution in [-0.2, 0) is 31.7 Å². The third-order valence-corrected chi connectivity index (χ3v) is 34.0. The van der Waals surface area contributed by atoms with Crippen molar-refractivity contribution in [2.75, 3.05) is 0 Å². The first-order valence-corrected chi connectivity index (χ1v) is 31.6. The molecule has 0 aromatic heterocycles. The zero-order valence-corrected chi connectivity index (χ0v) is 39.6. The quantitative estimate of drug-likeness (QED) is 0.206.